The lowest BCUT2D eigenvalue weighted by Crippen LogP contribution is -2.39. The highest BCUT2D eigenvalue weighted by atomic mass is 16.5. The number of carbonyl (C=O) groups is 2. The zero-order valence-electron chi connectivity index (χ0n) is 12.3. The van der Waals surface area contributed by atoms with Gasteiger partial charge in [0.05, 0.1) is 12.5 Å². The Hall–Kier alpha value is -1.10. The van der Waals surface area contributed by atoms with Gasteiger partial charge in [0.1, 0.15) is 0 Å². The standard InChI is InChI=1S/C15H26N2O3/c1-2-20-15(19)11-4-3-5-13(10-11)16-9-8-14(18)17-12-6-7-12/h11-13,16H,2-10H2,1H3,(H,17,18). The van der Waals surface area contributed by atoms with Gasteiger partial charge in [-0.2, -0.15) is 0 Å². The van der Waals surface area contributed by atoms with Crippen LogP contribution < -0.4 is 10.6 Å². The predicted molar refractivity (Wildman–Crippen MR) is 76.2 cm³/mol. The summed E-state index contributed by atoms with van der Waals surface area (Å²) >= 11 is 0. The van der Waals surface area contributed by atoms with Crippen LogP contribution in [-0.2, 0) is 14.3 Å². The van der Waals surface area contributed by atoms with Gasteiger partial charge in [-0.15, -0.1) is 0 Å². The van der Waals surface area contributed by atoms with Crippen LogP contribution in [-0.4, -0.2) is 37.1 Å². The average Bonchev–Trinajstić information content (AvgIpc) is 3.23. The summed E-state index contributed by atoms with van der Waals surface area (Å²) in [5, 5.41) is 6.39. The molecule has 0 bridgehead atoms. The normalized spacial score (nSPS) is 26.1. The van der Waals surface area contributed by atoms with Crippen LogP contribution in [0, 0.1) is 5.92 Å². The number of hydrogen-bond donors (Lipinski definition) is 2. The van der Waals surface area contributed by atoms with E-state index in [1.807, 2.05) is 6.92 Å². The second kappa shape index (κ2) is 7.62. The van der Waals surface area contributed by atoms with Gasteiger partial charge in [-0.05, 0) is 39.0 Å². The molecule has 2 fully saturated rings. The predicted octanol–water partition coefficient (Wildman–Crippen LogP) is 1.37. The Morgan fingerprint density at radius 1 is 1.15 bits per heavy atom. The summed E-state index contributed by atoms with van der Waals surface area (Å²) in [4.78, 5) is 23.3. The lowest BCUT2D eigenvalue weighted by atomic mass is 9.85. The lowest BCUT2D eigenvalue weighted by molar-refractivity contribution is -0.149. The quantitative estimate of drug-likeness (QED) is 0.692. The summed E-state index contributed by atoms with van der Waals surface area (Å²) in [6.07, 6.45) is 6.68. The highest BCUT2D eigenvalue weighted by molar-refractivity contribution is 5.76. The fraction of sp³-hybridized carbons (Fsp3) is 0.867. The van der Waals surface area contributed by atoms with Gasteiger partial charge >= 0.3 is 5.97 Å². The second-order valence-electron chi connectivity index (χ2n) is 5.86. The average molecular weight is 282 g/mol. The van der Waals surface area contributed by atoms with Crippen LogP contribution in [0.1, 0.15) is 51.9 Å². The fourth-order valence-corrected chi connectivity index (χ4v) is 2.77. The van der Waals surface area contributed by atoms with Crippen molar-refractivity contribution in [3.63, 3.8) is 0 Å². The minimum Gasteiger partial charge on any atom is -0.466 e. The number of carbonyl (C=O) groups excluding carboxylic acids is 2. The SMILES string of the molecule is CCOC(=O)C1CCCC(NCCC(=O)NC2CC2)C1. The van der Waals surface area contributed by atoms with Gasteiger partial charge in [0.15, 0.2) is 0 Å². The number of ether oxygens (including phenoxy) is 1. The third kappa shape index (κ3) is 5.12. The number of hydrogen-bond acceptors (Lipinski definition) is 4. The molecule has 2 rings (SSSR count). The summed E-state index contributed by atoms with van der Waals surface area (Å²) in [6.45, 7) is 2.99. The number of esters is 1. The zero-order valence-corrected chi connectivity index (χ0v) is 12.3. The van der Waals surface area contributed by atoms with E-state index >= 15 is 0 Å². The van der Waals surface area contributed by atoms with Gasteiger partial charge in [-0.1, -0.05) is 6.42 Å². The topological polar surface area (TPSA) is 67.4 Å². The van der Waals surface area contributed by atoms with E-state index < -0.39 is 0 Å². The maximum atomic E-state index is 11.7. The molecule has 114 valence electrons. The second-order valence-corrected chi connectivity index (χ2v) is 5.86. The van der Waals surface area contributed by atoms with Crippen LogP contribution in [0.3, 0.4) is 0 Å². The van der Waals surface area contributed by atoms with Gasteiger partial charge in [0.2, 0.25) is 5.91 Å². The Bertz CT molecular complexity index is 342. The molecule has 0 spiro atoms. The molecule has 5 heteroatoms. The summed E-state index contributed by atoms with van der Waals surface area (Å²) in [5.74, 6) is 0.102. The number of rotatable bonds is 7. The molecule has 0 saturated heterocycles. The van der Waals surface area contributed by atoms with Crippen molar-refractivity contribution in [3.05, 3.63) is 0 Å². The van der Waals surface area contributed by atoms with Crippen LogP contribution >= 0.6 is 0 Å². The van der Waals surface area contributed by atoms with E-state index in [0.717, 1.165) is 38.5 Å². The minimum absolute atomic E-state index is 0.0292. The van der Waals surface area contributed by atoms with Gasteiger partial charge in [0, 0.05) is 25.0 Å². The first-order chi connectivity index (χ1) is 9.69. The van der Waals surface area contributed by atoms with Gasteiger partial charge < -0.3 is 15.4 Å². The monoisotopic (exact) mass is 282 g/mol. The molecule has 2 saturated carbocycles. The lowest BCUT2D eigenvalue weighted by Gasteiger charge is -2.28. The Kier molecular flexibility index (Phi) is 5.83. The maximum Gasteiger partial charge on any atom is 0.308 e. The molecular formula is C15H26N2O3. The summed E-state index contributed by atoms with van der Waals surface area (Å²) in [5.41, 5.74) is 0. The highest BCUT2D eigenvalue weighted by Gasteiger charge is 2.28. The minimum atomic E-state index is -0.0644. The smallest absolute Gasteiger partial charge is 0.308 e. The van der Waals surface area contributed by atoms with E-state index in [0.29, 0.717) is 31.7 Å². The molecule has 0 aliphatic heterocycles. The molecule has 2 aliphatic rings. The molecule has 2 atom stereocenters. The molecule has 0 aromatic carbocycles. The molecular weight excluding hydrogens is 256 g/mol. The van der Waals surface area contributed by atoms with Crippen LogP contribution in [0.25, 0.3) is 0 Å². The fourth-order valence-electron chi connectivity index (χ4n) is 2.77. The molecule has 1 amide bonds. The molecule has 0 aromatic heterocycles. The first kappa shape index (κ1) is 15.3. The van der Waals surface area contributed by atoms with E-state index in [-0.39, 0.29) is 17.8 Å². The van der Waals surface area contributed by atoms with Crippen LogP contribution in [0.5, 0.6) is 0 Å². The molecule has 2 aliphatic carbocycles. The largest absolute Gasteiger partial charge is 0.466 e. The van der Waals surface area contributed by atoms with Crippen LogP contribution in [0.4, 0.5) is 0 Å². The Morgan fingerprint density at radius 2 is 1.95 bits per heavy atom. The number of amides is 1. The van der Waals surface area contributed by atoms with Crippen molar-refractivity contribution in [2.75, 3.05) is 13.2 Å². The molecule has 0 radical (unpaired) electrons. The first-order valence-electron chi connectivity index (χ1n) is 7.88. The molecule has 0 aromatic rings. The Balaban J connectivity index is 1.62. The van der Waals surface area contributed by atoms with Crippen molar-refractivity contribution in [1.82, 2.24) is 10.6 Å². The molecule has 0 heterocycles. The Morgan fingerprint density at radius 3 is 2.65 bits per heavy atom. The number of nitrogens with one attached hydrogen (secondary N) is 2. The van der Waals surface area contributed by atoms with Crippen LogP contribution in [0.2, 0.25) is 0 Å². The zero-order chi connectivity index (χ0) is 14.4. The van der Waals surface area contributed by atoms with Crippen molar-refractivity contribution < 1.29 is 14.3 Å². The van der Waals surface area contributed by atoms with Crippen molar-refractivity contribution in [3.8, 4) is 0 Å². The van der Waals surface area contributed by atoms with E-state index in [4.69, 9.17) is 4.74 Å². The summed E-state index contributed by atoms with van der Waals surface area (Å²) in [6, 6.07) is 0.775. The van der Waals surface area contributed by atoms with E-state index in [1.54, 1.807) is 0 Å². The van der Waals surface area contributed by atoms with E-state index in [9.17, 15) is 9.59 Å². The highest BCUT2D eigenvalue weighted by Crippen LogP contribution is 2.25. The summed E-state index contributed by atoms with van der Waals surface area (Å²) in [7, 11) is 0. The van der Waals surface area contributed by atoms with Crippen molar-refractivity contribution >= 4 is 11.9 Å². The maximum absolute atomic E-state index is 11.7. The molecule has 2 unspecified atom stereocenters. The third-order valence-electron chi connectivity index (χ3n) is 4.02. The van der Waals surface area contributed by atoms with Gasteiger partial charge in [0.25, 0.3) is 0 Å². The third-order valence-corrected chi connectivity index (χ3v) is 4.02. The molecule has 20 heavy (non-hydrogen) atoms. The van der Waals surface area contributed by atoms with Crippen molar-refractivity contribution in [1.29, 1.82) is 0 Å². The molecule has 2 N–H and O–H groups in total. The first-order valence-corrected chi connectivity index (χ1v) is 7.88. The van der Waals surface area contributed by atoms with E-state index in [2.05, 4.69) is 10.6 Å². The van der Waals surface area contributed by atoms with E-state index in [1.165, 1.54) is 0 Å². The summed E-state index contributed by atoms with van der Waals surface area (Å²) < 4.78 is 5.09. The van der Waals surface area contributed by atoms with Gasteiger partial charge in [-0.3, -0.25) is 9.59 Å². The van der Waals surface area contributed by atoms with Crippen LogP contribution in [0.15, 0.2) is 0 Å². The van der Waals surface area contributed by atoms with Crippen molar-refractivity contribution in [2.24, 2.45) is 5.92 Å². The van der Waals surface area contributed by atoms with Gasteiger partial charge in [-0.25, -0.2) is 0 Å². The van der Waals surface area contributed by atoms with Crippen molar-refractivity contribution in [2.45, 2.75) is 64.0 Å². The Labute approximate surface area is 120 Å². The molecule has 5 nitrogen and oxygen atoms in total.